The molecule has 238 valence electrons. The number of cyclic esters (lactones) is 1. The van der Waals surface area contributed by atoms with Crippen LogP contribution < -0.4 is 4.74 Å². The quantitative estimate of drug-likeness (QED) is 0.133. The first-order valence-corrected chi connectivity index (χ1v) is 19.3. The van der Waals surface area contributed by atoms with Crippen LogP contribution in [0.1, 0.15) is 103 Å². The van der Waals surface area contributed by atoms with Gasteiger partial charge in [0.2, 0.25) is 0 Å². The first-order valence-electron chi connectivity index (χ1n) is 16.4. The molecule has 0 aliphatic carbocycles. The maximum absolute atomic E-state index is 13.6. The largest absolute Gasteiger partial charge is 0.497 e. The van der Waals surface area contributed by atoms with Crippen LogP contribution in [-0.2, 0) is 15.6 Å². The van der Waals surface area contributed by atoms with E-state index < -0.39 is 13.7 Å². The van der Waals surface area contributed by atoms with Crippen molar-refractivity contribution in [3.05, 3.63) is 78.0 Å². The molecule has 1 aliphatic rings. The van der Waals surface area contributed by atoms with Crippen molar-refractivity contribution < 1.29 is 18.7 Å². The molecule has 1 fully saturated rings. The average molecular weight is 608 g/mol. The molecule has 0 radical (unpaired) electrons. The van der Waals surface area contributed by atoms with Gasteiger partial charge in [-0.15, -0.1) is 0 Å². The minimum absolute atomic E-state index is 0.0141. The summed E-state index contributed by atoms with van der Waals surface area (Å²) in [5.74, 6) is 0.821. The number of rotatable bonds is 17. The van der Waals surface area contributed by atoms with Crippen molar-refractivity contribution in [3.63, 3.8) is 0 Å². The van der Waals surface area contributed by atoms with E-state index in [0.29, 0.717) is 6.61 Å². The molecule has 1 aliphatic heterocycles. The third-order valence-electron chi connectivity index (χ3n) is 9.73. The monoisotopic (exact) mass is 607 g/mol. The number of carbonyl (C=O) groups excluding carboxylic acids is 1. The maximum Gasteiger partial charge on any atom is 0.414 e. The lowest BCUT2D eigenvalue weighted by Crippen LogP contribution is -2.49. The van der Waals surface area contributed by atoms with E-state index in [4.69, 9.17) is 20.5 Å². The zero-order valence-electron chi connectivity index (χ0n) is 28.2. The van der Waals surface area contributed by atoms with Crippen molar-refractivity contribution in [1.82, 2.24) is 4.90 Å². The van der Waals surface area contributed by atoms with Crippen molar-refractivity contribution in [2.45, 2.75) is 123 Å². The van der Waals surface area contributed by atoms with Crippen LogP contribution in [0.25, 0.3) is 0 Å². The molecule has 0 bridgehead atoms. The summed E-state index contributed by atoms with van der Waals surface area (Å²) in [4.78, 5) is 15.5. The highest BCUT2D eigenvalue weighted by Crippen LogP contribution is 2.55. The van der Waals surface area contributed by atoms with E-state index in [1.165, 1.54) is 18.4 Å². The van der Waals surface area contributed by atoms with Gasteiger partial charge in [-0.05, 0) is 60.7 Å². The molecule has 0 saturated carbocycles. The molecule has 0 aromatic heterocycles. The summed E-state index contributed by atoms with van der Waals surface area (Å²) in [6, 6.07) is 18.6. The molecule has 2 aromatic carbocycles. The Kier molecular flexibility index (Phi) is 12.5. The summed E-state index contributed by atoms with van der Waals surface area (Å²) in [5, 5.41) is 0.0141. The highest BCUT2D eigenvalue weighted by atomic mass is 28.4. The van der Waals surface area contributed by atoms with Crippen molar-refractivity contribution in [1.29, 1.82) is 0 Å². The predicted molar refractivity (Wildman–Crippen MR) is 181 cm³/mol. The normalized spacial score (nSPS) is 17.8. The summed E-state index contributed by atoms with van der Waals surface area (Å²) in [6.45, 7) is 21.2. The molecule has 1 saturated heterocycles. The second-order valence-electron chi connectivity index (χ2n) is 13.8. The van der Waals surface area contributed by atoms with Gasteiger partial charge in [-0.3, -0.25) is 4.90 Å². The van der Waals surface area contributed by atoms with E-state index in [1.54, 1.807) is 7.11 Å². The van der Waals surface area contributed by atoms with Gasteiger partial charge < -0.3 is 13.9 Å². The zero-order chi connectivity index (χ0) is 31.7. The fraction of sp³-hybridized carbons (Fsp3) is 0.595. The smallest absolute Gasteiger partial charge is 0.414 e. The van der Waals surface area contributed by atoms with Crippen LogP contribution in [0.15, 0.2) is 66.9 Å². The number of carbonyl (C=O) groups is 1. The molecule has 1 amide bonds. The summed E-state index contributed by atoms with van der Waals surface area (Å²) < 4.78 is 18.8. The highest BCUT2D eigenvalue weighted by molar-refractivity contribution is 6.74. The van der Waals surface area contributed by atoms with Crippen LogP contribution in [0.4, 0.5) is 4.79 Å². The zero-order valence-corrected chi connectivity index (χ0v) is 29.2. The Morgan fingerprint density at radius 2 is 1.60 bits per heavy atom. The Labute approximate surface area is 263 Å². The van der Waals surface area contributed by atoms with Gasteiger partial charge in [0.1, 0.15) is 12.4 Å². The Morgan fingerprint density at radius 1 is 0.977 bits per heavy atom. The van der Waals surface area contributed by atoms with Crippen LogP contribution in [0.5, 0.6) is 5.75 Å². The lowest BCUT2D eigenvalue weighted by Gasteiger charge is -2.50. The molecule has 5 nitrogen and oxygen atoms in total. The molecule has 0 unspecified atom stereocenters. The molecule has 0 spiro atoms. The van der Waals surface area contributed by atoms with Crippen LogP contribution in [0.3, 0.4) is 0 Å². The minimum Gasteiger partial charge on any atom is -0.497 e. The molecule has 6 heteroatoms. The van der Waals surface area contributed by atoms with Crippen molar-refractivity contribution in [2.24, 2.45) is 5.41 Å². The van der Waals surface area contributed by atoms with Gasteiger partial charge in [0.25, 0.3) is 0 Å². The highest BCUT2D eigenvalue weighted by Gasteiger charge is 2.51. The van der Waals surface area contributed by atoms with Gasteiger partial charge in [0.15, 0.2) is 8.32 Å². The van der Waals surface area contributed by atoms with Gasteiger partial charge >= 0.3 is 6.09 Å². The van der Waals surface area contributed by atoms with Crippen molar-refractivity contribution in [3.8, 4) is 5.75 Å². The predicted octanol–water partition coefficient (Wildman–Crippen LogP) is 10.5. The van der Waals surface area contributed by atoms with Gasteiger partial charge in [-0.1, -0.05) is 122 Å². The SMILES string of the molecule is C=C(N1C(=O)OC[C@@H]1Cc1ccccc1)[C@](CCCC)(CCCCCC)[C@@H](O[Si](C)(C)C(C)(C)C)c1ccc(OC)cc1. The van der Waals surface area contributed by atoms with E-state index in [2.05, 4.69) is 84.1 Å². The minimum atomic E-state index is -2.26. The maximum atomic E-state index is 13.6. The molecular formula is C37H57NO4Si. The van der Waals surface area contributed by atoms with Crippen LogP contribution >= 0.6 is 0 Å². The number of unbranched alkanes of at least 4 members (excludes halogenated alkanes) is 4. The number of hydrogen-bond donors (Lipinski definition) is 0. The number of benzene rings is 2. The second kappa shape index (κ2) is 15.4. The van der Waals surface area contributed by atoms with E-state index in [-0.39, 0.29) is 23.3 Å². The topological polar surface area (TPSA) is 48.0 Å². The van der Waals surface area contributed by atoms with Gasteiger partial charge in [-0.2, -0.15) is 0 Å². The van der Waals surface area contributed by atoms with Crippen LogP contribution in [0, 0.1) is 5.41 Å². The van der Waals surface area contributed by atoms with Crippen molar-refractivity contribution >= 4 is 14.4 Å². The lowest BCUT2D eigenvalue weighted by molar-refractivity contribution is 0.0232. The number of ether oxygens (including phenoxy) is 2. The fourth-order valence-electron chi connectivity index (χ4n) is 6.00. The number of hydrogen-bond acceptors (Lipinski definition) is 4. The molecule has 3 atom stereocenters. The average Bonchev–Trinajstić information content (AvgIpc) is 3.34. The third-order valence-corrected chi connectivity index (χ3v) is 14.2. The van der Waals surface area contributed by atoms with Gasteiger partial charge in [0, 0.05) is 11.1 Å². The van der Waals surface area contributed by atoms with Crippen LogP contribution in [-0.4, -0.2) is 39.1 Å². The van der Waals surface area contributed by atoms with E-state index in [9.17, 15) is 4.79 Å². The Bertz CT molecular complexity index is 1160. The Hall–Kier alpha value is -2.57. The molecule has 1 heterocycles. The third kappa shape index (κ3) is 8.54. The van der Waals surface area contributed by atoms with Gasteiger partial charge in [-0.25, -0.2) is 4.79 Å². The fourth-order valence-corrected chi connectivity index (χ4v) is 7.31. The molecule has 0 N–H and O–H groups in total. The van der Waals surface area contributed by atoms with E-state index >= 15 is 0 Å². The van der Waals surface area contributed by atoms with E-state index in [0.717, 1.165) is 62.0 Å². The molecular weight excluding hydrogens is 550 g/mol. The number of amides is 1. The lowest BCUT2D eigenvalue weighted by atomic mass is 9.68. The molecule has 3 rings (SSSR count). The van der Waals surface area contributed by atoms with Crippen LogP contribution in [0.2, 0.25) is 18.1 Å². The summed E-state index contributed by atoms with van der Waals surface area (Å²) in [6.07, 6.45) is 8.59. The Morgan fingerprint density at radius 3 is 2.19 bits per heavy atom. The second-order valence-corrected chi connectivity index (χ2v) is 18.6. The van der Waals surface area contributed by atoms with Gasteiger partial charge in [0.05, 0.1) is 19.3 Å². The number of methoxy groups -OCH3 is 1. The molecule has 2 aromatic rings. The number of nitrogens with zero attached hydrogens (tertiary/aromatic N) is 1. The molecule has 43 heavy (non-hydrogen) atoms. The summed E-state index contributed by atoms with van der Waals surface area (Å²) in [5.41, 5.74) is 2.67. The van der Waals surface area contributed by atoms with E-state index in [1.807, 2.05) is 23.1 Å². The standard InChI is InChI=1S/C37H57NO4Si/c1-10-12-14-18-26-37(25-13-11-2,29(3)38-32(28-41-35(38)39)27-30-19-16-15-17-20-30)34(42-43(8,9)36(4,5)6)31-21-23-33(40-7)24-22-31/h15-17,19-24,32,34H,3,10-14,18,25-28H2,1-2,4-9H3/t32-,34-,37-/m0/s1. The van der Waals surface area contributed by atoms with Crippen molar-refractivity contribution in [2.75, 3.05) is 13.7 Å². The Balaban J connectivity index is 2.20. The first-order chi connectivity index (χ1) is 20.4. The summed E-state index contributed by atoms with van der Waals surface area (Å²) in [7, 11) is -0.563. The first kappa shape index (κ1) is 34.9. The summed E-state index contributed by atoms with van der Waals surface area (Å²) >= 11 is 0.